The maximum atomic E-state index is 9.78. The van der Waals surface area contributed by atoms with Crippen molar-refractivity contribution < 1.29 is 5.11 Å². The molecule has 1 nitrogen and oxygen atoms in total. The molecule has 0 aromatic heterocycles. The number of hydrogen-bond donors (Lipinski definition) is 1. The Morgan fingerprint density at radius 1 is 1.08 bits per heavy atom. The Hall–Kier alpha value is -1.76. The molecule has 0 saturated carbocycles. The molecule has 1 N–H and O–H groups in total. The van der Waals surface area contributed by atoms with Gasteiger partial charge >= 0.3 is 0 Å². The van der Waals surface area contributed by atoms with Crippen LogP contribution in [-0.2, 0) is 0 Å². The van der Waals surface area contributed by atoms with Crippen LogP contribution in [0.1, 0.15) is 5.56 Å². The molecule has 0 bridgehead atoms. The van der Waals surface area contributed by atoms with E-state index < -0.39 is 0 Å². The van der Waals surface area contributed by atoms with E-state index in [1.807, 2.05) is 36.4 Å². The number of fused-ring (bicyclic) bond motifs is 1. The minimum atomic E-state index is 0.313. The highest BCUT2D eigenvalue weighted by molar-refractivity contribution is 5.91. The van der Waals surface area contributed by atoms with Crippen molar-refractivity contribution >= 4 is 16.8 Å². The summed E-state index contributed by atoms with van der Waals surface area (Å²) >= 11 is 0. The lowest BCUT2D eigenvalue weighted by Gasteiger charge is -2.03. The summed E-state index contributed by atoms with van der Waals surface area (Å²) in [4.78, 5) is 0. The van der Waals surface area contributed by atoms with Crippen LogP contribution in [0.2, 0.25) is 0 Å². The van der Waals surface area contributed by atoms with Gasteiger partial charge in [0.05, 0.1) is 0 Å². The second kappa shape index (κ2) is 2.94. The molecular weight excluding hydrogens is 160 g/mol. The highest BCUT2D eigenvalue weighted by Crippen LogP contribution is 2.28. The van der Waals surface area contributed by atoms with Gasteiger partial charge < -0.3 is 5.11 Å². The van der Waals surface area contributed by atoms with Gasteiger partial charge in [0.25, 0.3) is 0 Å². The summed E-state index contributed by atoms with van der Waals surface area (Å²) < 4.78 is 0. The molecule has 0 aliphatic heterocycles. The van der Waals surface area contributed by atoms with E-state index in [1.165, 1.54) is 0 Å². The second-order valence-corrected chi connectivity index (χ2v) is 2.93. The summed E-state index contributed by atoms with van der Waals surface area (Å²) in [6, 6.07) is 11.6. The van der Waals surface area contributed by atoms with Crippen molar-refractivity contribution in [3.63, 3.8) is 0 Å². The first-order valence-electron chi connectivity index (χ1n) is 4.16. The van der Waals surface area contributed by atoms with Crippen LogP contribution in [0.4, 0.5) is 0 Å². The molecule has 0 unspecified atom stereocenters. The van der Waals surface area contributed by atoms with Gasteiger partial charge in [-0.25, -0.2) is 0 Å². The fraction of sp³-hybridized carbons (Fsp3) is 0. The van der Waals surface area contributed by atoms with E-state index in [0.29, 0.717) is 5.75 Å². The molecule has 64 valence electrons. The third-order valence-corrected chi connectivity index (χ3v) is 2.15. The molecule has 2 aromatic rings. The molecule has 0 amide bonds. The van der Waals surface area contributed by atoms with Gasteiger partial charge in [-0.3, -0.25) is 0 Å². The largest absolute Gasteiger partial charge is 0.507 e. The maximum absolute atomic E-state index is 9.78. The summed E-state index contributed by atoms with van der Waals surface area (Å²) in [5.74, 6) is 0.313. The zero-order valence-electron chi connectivity index (χ0n) is 7.20. The smallest absolute Gasteiger partial charge is 0.130 e. The average Bonchev–Trinajstić information content (AvgIpc) is 2.19. The van der Waals surface area contributed by atoms with E-state index in [-0.39, 0.29) is 0 Å². The summed E-state index contributed by atoms with van der Waals surface area (Å²) in [7, 11) is 0. The van der Waals surface area contributed by atoms with Gasteiger partial charge in [0.1, 0.15) is 5.75 Å². The van der Waals surface area contributed by atoms with Crippen LogP contribution >= 0.6 is 0 Å². The van der Waals surface area contributed by atoms with E-state index in [1.54, 1.807) is 6.08 Å². The van der Waals surface area contributed by atoms with Crippen molar-refractivity contribution in [2.75, 3.05) is 0 Å². The first-order valence-corrected chi connectivity index (χ1v) is 4.16. The van der Waals surface area contributed by atoms with Crippen molar-refractivity contribution in [1.29, 1.82) is 0 Å². The number of hydrogen-bond acceptors (Lipinski definition) is 1. The van der Waals surface area contributed by atoms with Gasteiger partial charge in [-0.2, -0.15) is 0 Å². The summed E-state index contributed by atoms with van der Waals surface area (Å²) in [6.45, 7) is 3.64. The van der Waals surface area contributed by atoms with Crippen molar-refractivity contribution in [3.05, 3.63) is 48.5 Å². The quantitative estimate of drug-likeness (QED) is 0.696. The Labute approximate surface area is 76.9 Å². The lowest BCUT2D eigenvalue weighted by Crippen LogP contribution is -1.77. The molecule has 0 spiro atoms. The Kier molecular flexibility index (Phi) is 1.78. The summed E-state index contributed by atoms with van der Waals surface area (Å²) in [6.07, 6.45) is 1.65. The lowest BCUT2D eigenvalue weighted by atomic mass is 10.1. The normalized spacial score (nSPS) is 10.2. The molecule has 0 aliphatic carbocycles. The van der Waals surface area contributed by atoms with Crippen LogP contribution in [0.25, 0.3) is 16.8 Å². The Balaban J connectivity index is 2.86. The topological polar surface area (TPSA) is 20.2 Å². The fourth-order valence-corrected chi connectivity index (χ4v) is 1.44. The van der Waals surface area contributed by atoms with Crippen molar-refractivity contribution in [2.45, 2.75) is 0 Å². The molecule has 0 fully saturated rings. The van der Waals surface area contributed by atoms with Gasteiger partial charge in [0.15, 0.2) is 0 Å². The van der Waals surface area contributed by atoms with E-state index in [0.717, 1.165) is 16.3 Å². The van der Waals surface area contributed by atoms with Crippen LogP contribution < -0.4 is 0 Å². The Morgan fingerprint density at radius 2 is 1.85 bits per heavy atom. The molecule has 13 heavy (non-hydrogen) atoms. The number of rotatable bonds is 1. The van der Waals surface area contributed by atoms with E-state index in [9.17, 15) is 5.11 Å². The number of aromatic hydroxyl groups is 1. The van der Waals surface area contributed by atoms with E-state index in [4.69, 9.17) is 0 Å². The molecule has 2 rings (SSSR count). The minimum absolute atomic E-state index is 0.313. The predicted molar refractivity (Wildman–Crippen MR) is 55.7 cm³/mol. The Bertz CT molecular complexity index is 458. The zero-order chi connectivity index (χ0) is 9.26. The lowest BCUT2D eigenvalue weighted by molar-refractivity contribution is 0.480. The average molecular weight is 170 g/mol. The molecule has 0 heterocycles. The predicted octanol–water partition coefficient (Wildman–Crippen LogP) is 3.19. The van der Waals surface area contributed by atoms with Crippen molar-refractivity contribution in [1.82, 2.24) is 0 Å². The fourth-order valence-electron chi connectivity index (χ4n) is 1.44. The number of phenolic OH excluding ortho intramolecular Hbond substituents is 1. The van der Waals surface area contributed by atoms with Gasteiger partial charge in [-0.05, 0) is 5.39 Å². The van der Waals surface area contributed by atoms with Crippen LogP contribution in [0.3, 0.4) is 0 Å². The summed E-state index contributed by atoms with van der Waals surface area (Å²) in [5.41, 5.74) is 0.777. The zero-order valence-corrected chi connectivity index (χ0v) is 7.20. The molecule has 0 atom stereocenters. The van der Waals surface area contributed by atoms with Crippen LogP contribution in [0.5, 0.6) is 5.75 Å². The molecule has 0 saturated heterocycles. The third kappa shape index (κ3) is 1.18. The molecule has 2 aromatic carbocycles. The third-order valence-electron chi connectivity index (χ3n) is 2.15. The van der Waals surface area contributed by atoms with Crippen LogP contribution in [0.15, 0.2) is 43.0 Å². The molecule has 1 heteroatoms. The van der Waals surface area contributed by atoms with Gasteiger partial charge in [-0.1, -0.05) is 49.1 Å². The molecule has 0 aliphatic rings. The number of benzene rings is 2. The number of phenols is 1. The van der Waals surface area contributed by atoms with Gasteiger partial charge in [0.2, 0.25) is 0 Å². The van der Waals surface area contributed by atoms with Crippen molar-refractivity contribution in [2.24, 2.45) is 0 Å². The van der Waals surface area contributed by atoms with Crippen LogP contribution in [-0.4, -0.2) is 5.11 Å². The SMILES string of the molecule is C=Cc1ccc2ccccc2c1O. The van der Waals surface area contributed by atoms with Gasteiger partial charge in [0, 0.05) is 10.9 Å². The standard InChI is InChI=1S/C12H10O/c1-2-9-7-8-10-5-3-4-6-11(10)12(9)13/h2-8,13H,1H2. The first kappa shape index (κ1) is 7.87. The highest BCUT2D eigenvalue weighted by atomic mass is 16.3. The summed E-state index contributed by atoms with van der Waals surface area (Å²) in [5, 5.41) is 11.7. The van der Waals surface area contributed by atoms with Crippen molar-refractivity contribution in [3.8, 4) is 5.75 Å². The van der Waals surface area contributed by atoms with Crippen LogP contribution in [0, 0.1) is 0 Å². The van der Waals surface area contributed by atoms with E-state index >= 15 is 0 Å². The van der Waals surface area contributed by atoms with Gasteiger partial charge in [-0.15, -0.1) is 0 Å². The first-order chi connectivity index (χ1) is 6.33. The highest BCUT2D eigenvalue weighted by Gasteiger charge is 2.01. The minimum Gasteiger partial charge on any atom is -0.507 e. The van der Waals surface area contributed by atoms with E-state index in [2.05, 4.69) is 6.58 Å². The Morgan fingerprint density at radius 3 is 2.62 bits per heavy atom. The monoisotopic (exact) mass is 170 g/mol. The molecule has 0 radical (unpaired) electrons. The second-order valence-electron chi connectivity index (χ2n) is 2.93. The maximum Gasteiger partial charge on any atom is 0.130 e. The molecular formula is C12H10O.